The number of likely N-dealkylation sites (N-methyl/N-ethyl adjacent to an activating group) is 1. The molecule has 0 bridgehead atoms. The monoisotopic (exact) mass is 737 g/mol. The molecule has 5 rings (SSSR count). The molecule has 0 amide bonds. The number of allylic oxidation sites excluding steroid dienone is 5. The third-order valence-corrected chi connectivity index (χ3v) is 12.1. The molecular formula is C34H40N3NaO6S4. The van der Waals surface area contributed by atoms with E-state index < -0.39 is 20.2 Å². The number of benzene rings is 2. The maximum absolute atomic E-state index is 11.1. The number of para-hydroxylation sites is 2. The number of nitrogens with zero attached hydrogens (tertiary/aromatic N) is 3. The minimum absolute atomic E-state index is 0. The van der Waals surface area contributed by atoms with Crippen molar-refractivity contribution in [3.8, 4) is 0 Å². The van der Waals surface area contributed by atoms with Crippen molar-refractivity contribution < 1.29 is 60.1 Å². The summed E-state index contributed by atoms with van der Waals surface area (Å²) in [5.41, 5.74) is 5.89. The molecule has 0 radical (unpaired) electrons. The van der Waals surface area contributed by atoms with E-state index in [-0.39, 0.29) is 41.1 Å². The van der Waals surface area contributed by atoms with Gasteiger partial charge in [-0.3, -0.25) is 0 Å². The Morgan fingerprint density at radius 3 is 2.31 bits per heavy atom. The second-order valence-corrected chi connectivity index (χ2v) is 16.8. The summed E-state index contributed by atoms with van der Waals surface area (Å²) in [6, 6.07) is 16.3. The summed E-state index contributed by atoms with van der Waals surface area (Å²) in [5, 5.41) is 2.14. The van der Waals surface area contributed by atoms with Gasteiger partial charge in [0.15, 0.2) is 6.54 Å². The third kappa shape index (κ3) is 10.3. The van der Waals surface area contributed by atoms with Crippen LogP contribution in [0.2, 0.25) is 0 Å². The summed E-state index contributed by atoms with van der Waals surface area (Å²) >= 11 is 3.39. The van der Waals surface area contributed by atoms with Crippen LogP contribution in [-0.4, -0.2) is 62.5 Å². The Balaban J connectivity index is 0.00000520. The number of anilines is 1. The van der Waals surface area contributed by atoms with Crippen LogP contribution in [0.3, 0.4) is 0 Å². The van der Waals surface area contributed by atoms with Gasteiger partial charge in [-0.1, -0.05) is 53.4 Å². The van der Waals surface area contributed by atoms with Crippen molar-refractivity contribution in [2.45, 2.75) is 56.9 Å². The van der Waals surface area contributed by atoms with Crippen LogP contribution < -0.4 is 39.0 Å². The van der Waals surface area contributed by atoms with E-state index in [4.69, 9.17) is 0 Å². The molecule has 0 N–H and O–H groups in total. The number of hydrogen-bond donors (Lipinski definition) is 0. The molecule has 1 aromatic heterocycles. The van der Waals surface area contributed by atoms with E-state index in [1.807, 2.05) is 24.3 Å². The quantitative estimate of drug-likeness (QED) is 0.100. The van der Waals surface area contributed by atoms with Crippen molar-refractivity contribution in [3.05, 3.63) is 93.6 Å². The summed E-state index contributed by atoms with van der Waals surface area (Å²) in [6.07, 6.45) is 12.4. The van der Waals surface area contributed by atoms with E-state index in [9.17, 15) is 25.9 Å². The van der Waals surface area contributed by atoms with Crippen molar-refractivity contribution in [3.63, 3.8) is 0 Å². The van der Waals surface area contributed by atoms with Gasteiger partial charge in [0.25, 0.3) is 5.01 Å². The largest absolute Gasteiger partial charge is 1.00 e. The number of aryl methyl sites for hydroxylation is 1. The van der Waals surface area contributed by atoms with Gasteiger partial charge in [-0.25, -0.2) is 16.8 Å². The van der Waals surface area contributed by atoms with Gasteiger partial charge >= 0.3 is 29.6 Å². The first-order chi connectivity index (χ1) is 22.4. The number of thioether (sulfide) groups is 1. The summed E-state index contributed by atoms with van der Waals surface area (Å²) in [4.78, 5) is 5.64. The van der Waals surface area contributed by atoms with Crippen LogP contribution in [0.15, 0.2) is 93.5 Å². The minimum atomic E-state index is -4.22. The van der Waals surface area contributed by atoms with Gasteiger partial charge in [0.1, 0.15) is 4.70 Å². The van der Waals surface area contributed by atoms with Crippen molar-refractivity contribution in [2.75, 3.05) is 36.5 Å². The number of rotatable bonds is 15. The second-order valence-electron chi connectivity index (χ2n) is 11.6. The van der Waals surface area contributed by atoms with Gasteiger partial charge in [-0.2, -0.15) is 4.57 Å². The van der Waals surface area contributed by atoms with Gasteiger partial charge in [0, 0.05) is 60.8 Å². The molecule has 0 atom stereocenters. The smallest absolute Gasteiger partial charge is 0.748 e. The van der Waals surface area contributed by atoms with Gasteiger partial charge in [-0.15, -0.1) is 0 Å². The fourth-order valence-electron chi connectivity index (χ4n) is 5.94. The van der Waals surface area contributed by atoms with Crippen LogP contribution in [0.1, 0.15) is 50.5 Å². The van der Waals surface area contributed by atoms with Crippen LogP contribution in [0.4, 0.5) is 5.69 Å². The summed E-state index contributed by atoms with van der Waals surface area (Å²) in [5.74, 6) is -0.695. The number of fused-ring (bicyclic) bond motifs is 2. The van der Waals surface area contributed by atoms with Crippen LogP contribution in [0, 0.1) is 0 Å². The topological polar surface area (TPSA) is 125 Å². The predicted molar refractivity (Wildman–Crippen MR) is 189 cm³/mol. The van der Waals surface area contributed by atoms with Gasteiger partial charge in [-0.05, 0) is 80.5 Å². The predicted octanol–water partition coefficient (Wildman–Crippen LogP) is 3.24. The summed E-state index contributed by atoms with van der Waals surface area (Å²) in [7, 11) is -6.34. The van der Waals surface area contributed by atoms with Crippen molar-refractivity contribution in [1.29, 1.82) is 0 Å². The van der Waals surface area contributed by atoms with E-state index in [1.165, 1.54) is 16.8 Å². The molecule has 1 aliphatic heterocycles. The molecule has 14 heteroatoms. The maximum atomic E-state index is 11.1. The molecule has 3 aromatic rings. The van der Waals surface area contributed by atoms with Crippen molar-refractivity contribution in [2.24, 2.45) is 0 Å². The van der Waals surface area contributed by atoms with E-state index >= 15 is 0 Å². The molecule has 2 heterocycles. The molecule has 0 saturated heterocycles. The zero-order valence-corrected chi connectivity index (χ0v) is 32.9. The Hall–Kier alpha value is -1.94. The van der Waals surface area contributed by atoms with E-state index in [2.05, 4.69) is 76.9 Å². The zero-order valence-electron chi connectivity index (χ0n) is 27.6. The zero-order chi connectivity index (χ0) is 33.6. The van der Waals surface area contributed by atoms with Gasteiger partial charge in [0.05, 0.1) is 31.0 Å². The number of aromatic nitrogens is 1. The molecule has 2 aromatic carbocycles. The molecule has 0 unspecified atom stereocenters. The molecule has 0 saturated carbocycles. The first-order valence-electron chi connectivity index (χ1n) is 15.8. The van der Waals surface area contributed by atoms with E-state index in [0.717, 1.165) is 50.2 Å². The fraction of sp³-hybridized carbons (Fsp3) is 0.382. The third-order valence-electron chi connectivity index (χ3n) is 8.31. The van der Waals surface area contributed by atoms with Crippen LogP contribution >= 0.6 is 23.1 Å². The maximum Gasteiger partial charge on any atom is 1.00 e. The van der Waals surface area contributed by atoms with E-state index in [1.54, 1.807) is 23.1 Å². The van der Waals surface area contributed by atoms with Crippen molar-refractivity contribution in [1.82, 2.24) is 4.90 Å². The summed E-state index contributed by atoms with van der Waals surface area (Å²) < 4.78 is 70.0. The molecule has 2 aliphatic rings. The SMILES string of the molecule is CCN(C)C1=C(/C=C/c2sc3ccccc3[n+]2CCCCS(=O)(=O)[O-])CC/C1=C\C=C1\Sc2ccccc2N1CCCCS(=O)(=O)[O-].[Na+]. The molecule has 0 fully saturated rings. The number of thiazole rings is 1. The molecule has 0 spiro atoms. The number of unbranched alkanes of at least 4 members (excludes halogenated alkanes) is 2. The molecule has 9 nitrogen and oxygen atoms in total. The van der Waals surface area contributed by atoms with Gasteiger partial charge < -0.3 is 18.9 Å². The van der Waals surface area contributed by atoms with Gasteiger partial charge in [0.2, 0.25) is 5.52 Å². The standard InChI is InChI=1S/C34H41N3O6S4.Na/c1-3-35(2)34-26(18-20-32-36(22-8-10-24-46(38,39)40)28-12-4-6-14-30(28)44-32)16-17-27(34)19-21-33-37(23-9-11-25-47(41,42)43)29-13-5-7-15-31(29)45-33;/h4-7,12-15,18-21H,3,8-11,16-17,22-25H2,1-2H3,(H-,38,39,40,41,42,43);/q;+1/p-1. The first-order valence-corrected chi connectivity index (χ1v) is 20.6. The molecular weight excluding hydrogens is 698 g/mol. The van der Waals surface area contributed by atoms with Crippen LogP contribution in [-0.2, 0) is 26.8 Å². The Labute approximate surface area is 314 Å². The second kappa shape index (κ2) is 17.3. The average molecular weight is 738 g/mol. The number of hydrogen-bond acceptors (Lipinski definition) is 10. The molecule has 1 aliphatic carbocycles. The Bertz CT molecular complexity index is 1950. The van der Waals surface area contributed by atoms with Crippen LogP contribution in [0.5, 0.6) is 0 Å². The van der Waals surface area contributed by atoms with E-state index in [0.29, 0.717) is 38.8 Å². The Kier molecular flexibility index (Phi) is 14.0. The first kappa shape index (κ1) is 38.9. The Morgan fingerprint density at radius 2 is 1.58 bits per heavy atom. The molecule has 48 heavy (non-hydrogen) atoms. The summed E-state index contributed by atoms with van der Waals surface area (Å²) in [6.45, 7) is 4.24. The fourth-order valence-corrected chi connectivity index (χ4v) is 9.24. The molecule has 252 valence electrons. The Morgan fingerprint density at radius 1 is 0.896 bits per heavy atom. The van der Waals surface area contributed by atoms with Crippen molar-refractivity contribution >= 4 is 65.3 Å². The average Bonchev–Trinajstić information content (AvgIpc) is 3.71. The minimum Gasteiger partial charge on any atom is -0.748 e. The normalized spacial score (nSPS) is 16.9. The van der Waals surface area contributed by atoms with Crippen LogP contribution in [0.25, 0.3) is 16.3 Å².